The predicted octanol–water partition coefficient (Wildman–Crippen LogP) is 7.67. The molecule has 0 fully saturated rings. The highest BCUT2D eigenvalue weighted by molar-refractivity contribution is 5.88. The monoisotopic (exact) mass is 648 g/mol. The number of likely N-dealkylation sites (N-methyl/N-ethyl adjacent to an activating group) is 3. The van der Waals surface area contributed by atoms with Crippen LogP contribution in [0.5, 0.6) is 0 Å². The largest absolute Gasteiger partial charge is 0.464 e. The smallest absolute Gasteiger partial charge is 0.406 e. The van der Waals surface area contributed by atoms with Crippen molar-refractivity contribution < 1.29 is 42.7 Å². The van der Waals surface area contributed by atoms with Crippen molar-refractivity contribution >= 4 is 17.9 Å². The third-order valence-electron chi connectivity index (χ3n) is 5.80. The molecule has 0 saturated heterocycles. The summed E-state index contributed by atoms with van der Waals surface area (Å²) in [4.78, 5) is 34.2. The molecule has 3 aliphatic rings. The molecule has 0 amide bonds. The minimum Gasteiger partial charge on any atom is -0.464 e. The summed E-state index contributed by atoms with van der Waals surface area (Å²) in [5.74, 6) is -0.971. The van der Waals surface area contributed by atoms with E-state index in [1.807, 2.05) is 68.5 Å². The van der Waals surface area contributed by atoms with E-state index < -0.39 is 0 Å². The van der Waals surface area contributed by atoms with Crippen LogP contribution in [0.2, 0.25) is 0 Å². The molecule has 0 aliphatic carbocycles. The van der Waals surface area contributed by atoms with Gasteiger partial charge in [-0.2, -0.15) is 0 Å². The van der Waals surface area contributed by atoms with Crippen molar-refractivity contribution in [2.24, 2.45) is 15.3 Å². The van der Waals surface area contributed by atoms with E-state index in [9.17, 15) is 14.4 Å². The predicted molar refractivity (Wildman–Crippen MR) is 177 cm³/mol. The zero-order chi connectivity index (χ0) is 35.8. The lowest BCUT2D eigenvalue weighted by molar-refractivity contribution is -0.537. The Morgan fingerprint density at radius 3 is 1.54 bits per heavy atom. The standard InChI is InChI=1S/2C11H18N2O2.C8H12N2O2.2C2H6/c1-5-6-9-7-10(13(4)12-9)11(14)15-8(2)3;1-4-6-9-8-10(13(3)12-9)11(14)15-7-5-2;1-4-6-5-7(8(11)12-3)9-10(6)2;2*1-2/h7-8H,5-6H2,1-4H3;8H,4-7H2,1-3H3;5H,4H2,1-3H3;2*1-2H3/q3*+1;;. The van der Waals surface area contributed by atoms with Gasteiger partial charge in [0.2, 0.25) is 5.70 Å². The Bertz CT molecular complexity index is 1140. The number of nitrogens with zero attached hydrogens (tertiary/aromatic N) is 6. The van der Waals surface area contributed by atoms with Gasteiger partial charge in [-0.1, -0.05) is 77.6 Å². The van der Waals surface area contributed by atoms with Gasteiger partial charge in [-0.15, -0.1) is 4.70 Å². The van der Waals surface area contributed by atoms with Crippen molar-refractivity contribution in [3.05, 3.63) is 53.4 Å². The number of hydrogen-bond acceptors (Lipinski definition) is 9. The Hall–Kier alpha value is -3.57. The van der Waals surface area contributed by atoms with Gasteiger partial charge in [0.25, 0.3) is 6.04 Å². The second-order valence-corrected chi connectivity index (χ2v) is 9.87. The summed E-state index contributed by atoms with van der Waals surface area (Å²) < 4.78 is 19.5. The van der Waals surface area contributed by atoms with Crippen LogP contribution >= 0.6 is 0 Å². The Labute approximate surface area is 278 Å². The first-order valence-electron chi connectivity index (χ1n) is 16.5. The van der Waals surface area contributed by atoms with Crippen LogP contribution in [0.4, 0.5) is 0 Å². The van der Waals surface area contributed by atoms with E-state index in [0.717, 1.165) is 56.7 Å². The van der Waals surface area contributed by atoms with Gasteiger partial charge in [-0.05, 0) is 43.3 Å². The normalized spacial score (nSPS) is 15.5. The molecule has 12 heteroatoms. The van der Waals surface area contributed by atoms with Crippen LogP contribution in [0.15, 0.2) is 50.7 Å². The Kier molecular flexibility index (Phi) is 24.8. The minimum absolute atomic E-state index is 0.0953. The fourth-order valence-electron chi connectivity index (χ4n) is 3.78. The molecule has 0 atom stereocenters. The van der Waals surface area contributed by atoms with Gasteiger partial charge in [0.1, 0.15) is 0 Å². The van der Waals surface area contributed by atoms with Crippen LogP contribution in [-0.4, -0.2) is 73.0 Å². The number of rotatable bonds is 11. The van der Waals surface area contributed by atoms with E-state index in [0.29, 0.717) is 23.7 Å². The van der Waals surface area contributed by atoms with Gasteiger partial charge in [-0.25, -0.2) is 14.4 Å². The van der Waals surface area contributed by atoms with Crippen molar-refractivity contribution in [3.63, 3.8) is 0 Å². The third kappa shape index (κ3) is 16.1. The second kappa shape index (κ2) is 25.6. The molecule has 0 aromatic carbocycles. The number of carbonyl (C=O) groups is 3. The Morgan fingerprint density at radius 1 is 0.696 bits per heavy atom. The van der Waals surface area contributed by atoms with Crippen molar-refractivity contribution in [2.45, 2.75) is 114 Å². The average molecular weight is 649 g/mol. The molecule has 3 radical (unpaired) electrons. The van der Waals surface area contributed by atoms with Crippen LogP contribution in [-0.2, 0) is 28.6 Å². The van der Waals surface area contributed by atoms with Gasteiger partial charge >= 0.3 is 29.3 Å². The van der Waals surface area contributed by atoms with Crippen LogP contribution in [0.1, 0.15) is 108 Å². The Balaban J connectivity index is 0. The average Bonchev–Trinajstić information content (AvgIpc) is 3.73. The van der Waals surface area contributed by atoms with Gasteiger partial charge < -0.3 is 14.2 Å². The molecule has 0 aromatic rings. The maximum atomic E-state index is 11.6. The maximum absolute atomic E-state index is 11.6. The fraction of sp³-hybridized carbons (Fsp3) is 0.647. The van der Waals surface area contributed by atoms with Crippen molar-refractivity contribution in [1.29, 1.82) is 0 Å². The molecule has 0 aromatic heterocycles. The van der Waals surface area contributed by atoms with E-state index >= 15 is 0 Å². The number of azo groups is 6. The number of carbonyl (C=O) groups excluding carboxylic acids is 3. The first-order chi connectivity index (χ1) is 21.9. The van der Waals surface area contributed by atoms with Crippen molar-refractivity contribution in [1.82, 2.24) is 0 Å². The molecule has 0 unspecified atom stereocenters. The van der Waals surface area contributed by atoms with Crippen LogP contribution in [0.3, 0.4) is 0 Å². The molecule has 259 valence electrons. The molecule has 0 bridgehead atoms. The molecule has 0 spiro atoms. The molecule has 12 nitrogen and oxygen atoms in total. The van der Waals surface area contributed by atoms with Crippen LogP contribution in [0.25, 0.3) is 0 Å². The van der Waals surface area contributed by atoms with Gasteiger partial charge in [-0.3, -0.25) is 0 Å². The number of methoxy groups -OCH3 is 1. The minimum atomic E-state index is -0.384. The fourth-order valence-corrected chi connectivity index (χ4v) is 3.78. The summed E-state index contributed by atoms with van der Waals surface area (Å²) in [5, 5.41) is 12.5. The summed E-state index contributed by atoms with van der Waals surface area (Å²) >= 11 is 0. The van der Waals surface area contributed by atoms with E-state index in [-0.39, 0.29) is 24.0 Å². The topological polar surface area (TPSA) is 125 Å². The number of hydrogen-bond donors (Lipinski definition) is 0. The summed E-state index contributed by atoms with van der Waals surface area (Å²) in [7, 11) is 6.69. The SMILES string of the molecule is CC.CC.CCCOC(=O)C1=C[C](CCC)N=[N+]1C.CCC[C]1C=C(C(=O)OC(C)C)[N+](C)=N1.CC[C]1C=C(C(=O)OC)N=[N+]1C. The van der Waals surface area contributed by atoms with E-state index in [2.05, 4.69) is 33.9 Å². The molecule has 46 heavy (non-hydrogen) atoms. The second-order valence-electron chi connectivity index (χ2n) is 9.87. The number of ether oxygens (including phenoxy) is 3. The summed E-state index contributed by atoms with van der Waals surface area (Å²) in [5.41, 5.74) is 1.43. The Morgan fingerprint density at radius 2 is 1.17 bits per heavy atom. The molecular formula is C34H60N6O6+3. The number of esters is 3. The maximum Gasteiger partial charge on any atom is 0.406 e. The third-order valence-corrected chi connectivity index (χ3v) is 5.80. The molecular weight excluding hydrogens is 588 g/mol. The van der Waals surface area contributed by atoms with Crippen molar-refractivity contribution in [3.8, 4) is 0 Å². The van der Waals surface area contributed by atoms with Crippen molar-refractivity contribution in [2.75, 3.05) is 34.9 Å². The van der Waals surface area contributed by atoms with Gasteiger partial charge in [0, 0.05) is 29.8 Å². The molecule has 3 aliphatic heterocycles. The lowest BCUT2D eigenvalue weighted by Crippen LogP contribution is -2.17. The molecule has 3 rings (SSSR count). The van der Waals surface area contributed by atoms with E-state index in [1.54, 1.807) is 40.3 Å². The first-order valence-corrected chi connectivity index (χ1v) is 16.5. The van der Waals surface area contributed by atoms with E-state index in [1.165, 1.54) is 7.11 Å². The quantitative estimate of drug-likeness (QED) is 0.129. The summed E-state index contributed by atoms with van der Waals surface area (Å²) in [6.07, 6.45) is 10.8. The molecule has 0 N–H and O–H groups in total. The van der Waals surface area contributed by atoms with Crippen LogP contribution < -0.4 is 0 Å². The van der Waals surface area contributed by atoms with E-state index in [4.69, 9.17) is 9.47 Å². The van der Waals surface area contributed by atoms with Crippen LogP contribution in [0, 0.1) is 18.1 Å². The lowest BCUT2D eigenvalue weighted by Gasteiger charge is -2.04. The highest BCUT2D eigenvalue weighted by Crippen LogP contribution is 2.24. The molecule has 3 heterocycles. The highest BCUT2D eigenvalue weighted by atomic mass is 16.5. The first kappa shape index (κ1) is 44.6. The summed E-state index contributed by atoms with van der Waals surface area (Å²) in [6.45, 7) is 20.3. The summed E-state index contributed by atoms with van der Waals surface area (Å²) in [6, 6.07) is 2.91. The lowest BCUT2D eigenvalue weighted by atomic mass is 10.1. The zero-order valence-corrected chi connectivity index (χ0v) is 30.9. The molecule has 0 saturated carbocycles. The zero-order valence-electron chi connectivity index (χ0n) is 30.9. The highest BCUT2D eigenvalue weighted by Gasteiger charge is 2.33. The van der Waals surface area contributed by atoms with Gasteiger partial charge in [0.15, 0.2) is 33.2 Å². The van der Waals surface area contributed by atoms with Gasteiger partial charge in [0.05, 0.1) is 19.8 Å².